The van der Waals surface area contributed by atoms with Crippen molar-refractivity contribution in [1.82, 2.24) is 15.5 Å². The number of halogens is 2. The zero-order valence-electron chi connectivity index (χ0n) is 10.4. The van der Waals surface area contributed by atoms with Gasteiger partial charge < -0.3 is 10.4 Å². The number of rotatable bonds is 3. The second kappa shape index (κ2) is 5.91. The zero-order valence-corrected chi connectivity index (χ0v) is 14.2. The van der Waals surface area contributed by atoms with E-state index in [9.17, 15) is 9.90 Å². The van der Waals surface area contributed by atoms with Crippen LogP contribution in [0.1, 0.15) is 21.5 Å². The van der Waals surface area contributed by atoms with Gasteiger partial charge in [-0.25, -0.2) is 0 Å². The number of nitrogens with one attached hydrogen (secondary N) is 2. The first-order valence-corrected chi connectivity index (χ1v) is 8.25. The monoisotopic (exact) mass is 433 g/mol. The molecule has 0 aliphatic carbocycles. The summed E-state index contributed by atoms with van der Waals surface area (Å²) in [4.78, 5) is 12.7. The average Bonchev–Trinajstić information content (AvgIpc) is 3.05. The van der Waals surface area contributed by atoms with Gasteiger partial charge in [0.15, 0.2) is 6.23 Å². The number of benzene rings is 1. The van der Waals surface area contributed by atoms with Crippen molar-refractivity contribution in [3.05, 3.63) is 48.8 Å². The summed E-state index contributed by atoms with van der Waals surface area (Å²) in [7, 11) is 0. The minimum absolute atomic E-state index is 0.370. The number of hydrogen-bond donors (Lipinski definition) is 3. The molecule has 1 atom stereocenters. The number of aromatic nitrogens is 2. The highest BCUT2D eigenvalue weighted by molar-refractivity contribution is 14.1. The van der Waals surface area contributed by atoms with Gasteiger partial charge in [0.25, 0.3) is 5.91 Å². The fourth-order valence-electron chi connectivity index (χ4n) is 1.89. The molecule has 8 heteroatoms. The summed E-state index contributed by atoms with van der Waals surface area (Å²) in [6, 6.07) is 6.83. The number of amides is 1. The molecule has 108 valence electrons. The Morgan fingerprint density at radius 3 is 3.00 bits per heavy atom. The largest absolute Gasteiger partial charge is 0.369 e. The van der Waals surface area contributed by atoms with Gasteiger partial charge in [0.1, 0.15) is 3.70 Å². The fourth-order valence-corrected chi connectivity index (χ4v) is 3.54. The molecular formula is C13H9ClIN3O2S. The zero-order chi connectivity index (χ0) is 15.0. The Hall–Kier alpha value is -1.16. The second-order valence-electron chi connectivity index (χ2n) is 4.28. The minimum Gasteiger partial charge on any atom is -0.369 e. The summed E-state index contributed by atoms with van der Waals surface area (Å²) >= 11 is 9.34. The molecule has 0 spiro atoms. The van der Waals surface area contributed by atoms with Crippen LogP contribution in [0.4, 0.5) is 0 Å². The number of nitrogens with zero attached hydrogens (tertiary/aromatic N) is 1. The number of aliphatic hydroxyl groups is 1. The van der Waals surface area contributed by atoms with E-state index in [1.54, 1.807) is 29.6 Å². The van der Waals surface area contributed by atoms with Crippen molar-refractivity contribution in [2.24, 2.45) is 0 Å². The van der Waals surface area contributed by atoms with Crippen LogP contribution in [-0.2, 0) is 0 Å². The molecule has 0 radical (unpaired) electrons. The van der Waals surface area contributed by atoms with Crippen LogP contribution in [0, 0.1) is 3.70 Å². The predicted octanol–water partition coefficient (Wildman–Crippen LogP) is 3.30. The molecule has 0 fully saturated rings. The molecule has 3 rings (SSSR count). The van der Waals surface area contributed by atoms with Gasteiger partial charge in [-0.1, -0.05) is 11.6 Å². The summed E-state index contributed by atoms with van der Waals surface area (Å²) in [5.41, 5.74) is 1.24. The van der Waals surface area contributed by atoms with Crippen LogP contribution in [0.15, 0.2) is 29.6 Å². The van der Waals surface area contributed by atoms with E-state index in [-0.39, 0.29) is 5.91 Å². The Kier molecular flexibility index (Phi) is 4.16. The van der Waals surface area contributed by atoms with E-state index in [0.717, 1.165) is 14.6 Å². The number of hydrogen-bond acceptors (Lipinski definition) is 4. The lowest BCUT2D eigenvalue weighted by atomic mass is 10.1. The fraction of sp³-hybridized carbons (Fsp3) is 0.0769. The Bertz CT molecular complexity index is 817. The molecule has 0 aliphatic heterocycles. The van der Waals surface area contributed by atoms with E-state index in [2.05, 4.69) is 38.1 Å². The van der Waals surface area contributed by atoms with Gasteiger partial charge in [0.2, 0.25) is 0 Å². The van der Waals surface area contributed by atoms with Crippen LogP contribution in [-0.4, -0.2) is 21.2 Å². The number of aromatic amines is 1. The Labute approximate surface area is 142 Å². The van der Waals surface area contributed by atoms with Gasteiger partial charge in [-0.3, -0.25) is 9.89 Å². The van der Waals surface area contributed by atoms with Crippen molar-refractivity contribution in [3.8, 4) is 0 Å². The molecule has 0 saturated heterocycles. The maximum Gasteiger partial charge on any atom is 0.253 e. The third kappa shape index (κ3) is 2.91. The summed E-state index contributed by atoms with van der Waals surface area (Å²) in [5.74, 6) is -0.370. The molecule has 1 aromatic carbocycles. The van der Waals surface area contributed by atoms with E-state index in [1.165, 1.54) is 11.3 Å². The summed E-state index contributed by atoms with van der Waals surface area (Å²) in [5, 5.41) is 22.6. The molecule has 0 bridgehead atoms. The number of carbonyl (C=O) groups excluding carboxylic acids is 1. The van der Waals surface area contributed by atoms with Gasteiger partial charge in [-0.2, -0.15) is 5.10 Å². The molecule has 1 amide bonds. The quantitative estimate of drug-likeness (QED) is 0.438. The Balaban J connectivity index is 1.83. The summed E-state index contributed by atoms with van der Waals surface area (Å²) in [6.07, 6.45) is -1.12. The lowest BCUT2D eigenvalue weighted by Gasteiger charge is -2.12. The van der Waals surface area contributed by atoms with Crippen LogP contribution in [0.3, 0.4) is 0 Å². The molecule has 21 heavy (non-hydrogen) atoms. The summed E-state index contributed by atoms with van der Waals surface area (Å²) in [6.45, 7) is 0. The smallest absolute Gasteiger partial charge is 0.253 e. The van der Waals surface area contributed by atoms with Gasteiger partial charge in [0.05, 0.1) is 15.4 Å². The van der Waals surface area contributed by atoms with Crippen molar-refractivity contribution in [2.45, 2.75) is 6.23 Å². The van der Waals surface area contributed by atoms with Gasteiger partial charge >= 0.3 is 0 Å². The highest BCUT2D eigenvalue weighted by atomic mass is 127. The van der Waals surface area contributed by atoms with E-state index in [1.807, 2.05) is 0 Å². The van der Waals surface area contributed by atoms with Crippen molar-refractivity contribution in [1.29, 1.82) is 0 Å². The topological polar surface area (TPSA) is 78.0 Å². The molecule has 2 heterocycles. The lowest BCUT2D eigenvalue weighted by Crippen LogP contribution is -2.27. The van der Waals surface area contributed by atoms with Crippen LogP contribution in [0.25, 0.3) is 10.9 Å². The Morgan fingerprint density at radius 2 is 2.29 bits per heavy atom. The van der Waals surface area contributed by atoms with E-state index >= 15 is 0 Å². The highest BCUT2D eigenvalue weighted by Crippen LogP contribution is 2.27. The lowest BCUT2D eigenvalue weighted by molar-refractivity contribution is 0.0791. The highest BCUT2D eigenvalue weighted by Gasteiger charge is 2.17. The number of carbonyl (C=O) groups is 1. The first-order chi connectivity index (χ1) is 10.1. The number of aliphatic hydroxyl groups excluding tert-OH is 1. The van der Waals surface area contributed by atoms with E-state index in [4.69, 9.17) is 11.6 Å². The van der Waals surface area contributed by atoms with E-state index < -0.39 is 6.23 Å². The van der Waals surface area contributed by atoms with Crippen LogP contribution in [0.5, 0.6) is 0 Å². The Morgan fingerprint density at radius 1 is 1.48 bits per heavy atom. The number of fused-ring (bicyclic) bond motifs is 1. The molecule has 0 saturated carbocycles. The van der Waals surface area contributed by atoms with Crippen molar-refractivity contribution in [3.63, 3.8) is 0 Å². The maximum atomic E-state index is 12.2. The van der Waals surface area contributed by atoms with Crippen molar-refractivity contribution in [2.75, 3.05) is 0 Å². The van der Waals surface area contributed by atoms with Crippen molar-refractivity contribution >= 4 is 62.3 Å². The van der Waals surface area contributed by atoms with Gasteiger partial charge in [-0.05, 0) is 52.2 Å². The average molecular weight is 434 g/mol. The molecule has 0 aliphatic rings. The molecule has 3 N–H and O–H groups in total. The van der Waals surface area contributed by atoms with E-state index in [0.29, 0.717) is 15.5 Å². The molecule has 5 nitrogen and oxygen atoms in total. The van der Waals surface area contributed by atoms with Crippen LogP contribution < -0.4 is 5.32 Å². The third-order valence-electron chi connectivity index (χ3n) is 2.93. The first kappa shape index (κ1) is 14.8. The molecule has 0 unspecified atom stereocenters. The van der Waals surface area contributed by atoms with Crippen LogP contribution in [0.2, 0.25) is 5.02 Å². The normalized spacial score (nSPS) is 12.5. The SMILES string of the molecule is O=C(N[C@@H](O)c1sccc1Cl)c1ccc2n[nH]c(I)c2c1. The number of H-pyrrole nitrogens is 1. The second-order valence-corrected chi connectivity index (χ2v) is 6.71. The number of thiophene rings is 1. The maximum absolute atomic E-state index is 12.2. The molecule has 3 aromatic rings. The van der Waals surface area contributed by atoms with Gasteiger partial charge in [0, 0.05) is 10.9 Å². The predicted molar refractivity (Wildman–Crippen MR) is 90.6 cm³/mol. The minimum atomic E-state index is -1.12. The molecular weight excluding hydrogens is 425 g/mol. The summed E-state index contributed by atoms with van der Waals surface area (Å²) < 4.78 is 0.860. The van der Waals surface area contributed by atoms with Crippen molar-refractivity contribution < 1.29 is 9.90 Å². The van der Waals surface area contributed by atoms with Gasteiger partial charge in [-0.15, -0.1) is 11.3 Å². The third-order valence-corrected chi connectivity index (χ3v) is 5.16. The standard InChI is InChI=1S/C13H9ClIN3O2S/c14-8-3-4-21-10(8)13(20)16-12(19)6-1-2-9-7(5-6)11(15)18-17-9/h1-5,13,20H,(H,16,19)(H,17,18)/t13-/m0/s1. The van der Waals surface area contributed by atoms with Crippen LogP contribution >= 0.6 is 45.5 Å². The molecule has 2 aromatic heterocycles. The first-order valence-electron chi connectivity index (χ1n) is 5.91.